The molecular formula is C23H50ClN. The predicted molar refractivity (Wildman–Crippen MR) is 119 cm³/mol. The van der Waals surface area contributed by atoms with Gasteiger partial charge in [-0.05, 0) is 31.6 Å². The normalized spacial score (nSPS) is 12.8. The standard InChI is InChI=1S/C23H49N.ClH/c1-5-9-13-14-15-16-17-19-22(18-10-6-2)23(24,20-11-7-3)21-12-8-4;/h22H,5-21,24H2,1-4H3;1H. The van der Waals surface area contributed by atoms with Crippen molar-refractivity contribution in [1.29, 1.82) is 0 Å². The lowest BCUT2D eigenvalue weighted by atomic mass is 9.72. The van der Waals surface area contributed by atoms with Gasteiger partial charge in [-0.3, -0.25) is 0 Å². The van der Waals surface area contributed by atoms with Crippen LogP contribution in [0, 0.1) is 5.92 Å². The van der Waals surface area contributed by atoms with E-state index in [1.807, 2.05) is 0 Å². The molecular weight excluding hydrogens is 326 g/mol. The van der Waals surface area contributed by atoms with Crippen molar-refractivity contribution in [2.75, 3.05) is 0 Å². The fourth-order valence-electron chi connectivity index (χ4n) is 4.06. The zero-order valence-electron chi connectivity index (χ0n) is 18.1. The first kappa shape index (κ1) is 27.5. The number of hydrogen-bond acceptors (Lipinski definition) is 1. The van der Waals surface area contributed by atoms with E-state index in [0.717, 1.165) is 5.92 Å². The van der Waals surface area contributed by atoms with Crippen molar-refractivity contribution in [1.82, 2.24) is 0 Å². The molecule has 0 heterocycles. The second-order valence-electron chi connectivity index (χ2n) is 8.19. The molecule has 0 aromatic rings. The van der Waals surface area contributed by atoms with Crippen molar-refractivity contribution in [3.8, 4) is 0 Å². The first-order valence-electron chi connectivity index (χ1n) is 11.4. The maximum absolute atomic E-state index is 7.04. The number of halogens is 1. The Labute approximate surface area is 166 Å². The van der Waals surface area contributed by atoms with Crippen molar-refractivity contribution in [2.24, 2.45) is 11.7 Å². The number of unbranched alkanes of at least 4 members (excludes halogenated alkanes) is 9. The second kappa shape index (κ2) is 19.0. The van der Waals surface area contributed by atoms with Gasteiger partial charge in [-0.1, -0.05) is 111 Å². The first-order chi connectivity index (χ1) is 11.6. The summed E-state index contributed by atoms with van der Waals surface area (Å²) >= 11 is 0. The van der Waals surface area contributed by atoms with E-state index in [9.17, 15) is 0 Å². The molecule has 0 bridgehead atoms. The van der Waals surface area contributed by atoms with Crippen LogP contribution in [0.1, 0.15) is 137 Å². The van der Waals surface area contributed by atoms with Crippen LogP contribution < -0.4 is 5.73 Å². The zero-order valence-corrected chi connectivity index (χ0v) is 18.9. The van der Waals surface area contributed by atoms with Crippen LogP contribution >= 0.6 is 12.4 Å². The minimum Gasteiger partial charge on any atom is -0.325 e. The monoisotopic (exact) mass is 375 g/mol. The van der Waals surface area contributed by atoms with E-state index >= 15 is 0 Å². The molecule has 0 rings (SSSR count). The summed E-state index contributed by atoms with van der Waals surface area (Å²) in [6.07, 6.45) is 23.0. The maximum Gasteiger partial charge on any atom is 0.0182 e. The first-order valence-corrected chi connectivity index (χ1v) is 11.4. The molecule has 154 valence electrons. The minimum absolute atomic E-state index is 0. The lowest BCUT2D eigenvalue weighted by Crippen LogP contribution is -2.47. The van der Waals surface area contributed by atoms with Crippen molar-refractivity contribution in [3.05, 3.63) is 0 Å². The van der Waals surface area contributed by atoms with E-state index in [1.165, 1.54) is 109 Å². The predicted octanol–water partition coefficient (Wildman–Crippen LogP) is 8.43. The topological polar surface area (TPSA) is 26.0 Å². The molecule has 1 unspecified atom stereocenters. The van der Waals surface area contributed by atoms with Gasteiger partial charge in [0.05, 0.1) is 0 Å². The molecule has 0 radical (unpaired) electrons. The largest absolute Gasteiger partial charge is 0.325 e. The van der Waals surface area contributed by atoms with E-state index in [-0.39, 0.29) is 17.9 Å². The van der Waals surface area contributed by atoms with E-state index in [0.29, 0.717) is 0 Å². The van der Waals surface area contributed by atoms with Gasteiger partial charge in [-0.25, -0.2) is 0 Å². The highest BCUT2D eigenvalue weighted by Gasteiger charge is 2.32. The summed E-state index contributed by atoms with van der Waals surface area (Å²) in [5.41, 5.74) is 7.15. The highest BCUT2D eigenvalue weighted by molar-refractivity contribution is 5.85. The summed E-state index contributed by atoms with van der Waals surface area (Å²) in [5, 5.41) is 0. The van der Waals surface area contributed by atoms with Crippen LogP contribution in [0.3, 0.4) is 0 Å². The molecule has 0 spiro atoms. The van der Waals surface area contributed by atoms with Crippen molar-refractivity contribution in [2.45, 2.75) is 142 Å². The van der Waals surface area contributed by atoms with Crippen LogP contribution in [0.4, 0.5) is 0 Å². The molecule has 0 saturated heterocycles. The van der Waals surface area contributed by atoms with Crippen LogP contribution in [0.5, 0.6) is 0 Å². The molecule has 0 aromatic heterocycles. The maximum atomic E-state index is 7.04. The number of nitrogens with two attached hydrogens (primary N) is 1. The fraction of sp³-hybridized carbons (Fsp3) is 1.00. The third-order valence-corrected chi connectivity index (χ3v) is 5.87. The van der Waals surface area contributed by atoms with Crippen LogP contribution in [0.2, 0.25) is 0 Å². The molecule has 25 heavy (non-hydrogen) atoms. The SMILES string of the molecule is CCCCCCCCCC(CCCC)C(N)(CCCC)CCCC.Cl. The molecule has 0 aliphatic rings. The van der Waals surface area contributed by atoms with Crippen LogP contribution in [-0.2, 0) is 0 Å². The minimum atomic E-state index is 0. The van der Waals surface area contributed by atoms with Gasteiger partial charge in [0.15, 0.2) is 0 Å². The molecule has 0 aromatic carbocycles. The Morgan fingerprint density at radius 3 is 1.44 bits per heavy atom. The molecule has 0 fully saturated rings. The fourth-order valence-corrected chi connectivity index (χ4v) is 4.06. The van der Waals surface area contributed by atoms with Gasteiger partial charge < -0.3 is 5.73 Å². The van der Waals surface area contributed by atoms with E-state index < -0.39 is 0 Å². The summed E-state index contributed by atoms with van der Waals surface area (Å²) in [5.74, 6) is 0.756. The Morgan fingerprint density at radius 2 is 0.960 bits per heavy atom. The highest BCUT2D eigenvalue weighted by Crippen LogP contribution is 2.34. The van der Waals surface area contributed by atoms with Gasteiger partial charge >= 0.3 is 0 Å². The molecule has 0 amide bonds. The van der Waals surface area contributed by atoms with Crippen molar-refractivity contribution in [3.63, 3.8) is 0 Å². The van der Waals surface area contributed by atoms with Gasteiger partial charge in [0.25, 0.3) is 0 Å². The van der Waals surface area contributed by atoms with E-state index in [2.05, 4.69) is 27.7 Å². The summed E-state index contributed by atoms with van der Waals surface area (Å²) in [6, 6.07) is 0. The quantitative estimate of drug-likeness (QED) is 0.239. The Morgan fingerprint density at radius 1 is 0.560 bits per heavy atom. The van der Waals surface area contributed by atoms with E-state index in [1.54, 1.807) is 0 Å². The van der Waals surface area contributed by atoms with E-state index in [4.69, 9.17) is 5.73 Å². The van der Waals surface area contributed by atoms with Crippen molar-refractivity contribution >= 4 is 12.4 Å². The lowest BCUT2D eigenvalue weighted by molar-refractivity contribution is 0.193. The van der Waals surface area contributed by atoms with Crippen molar-refractivity contribution < 1.29 is 0 Å². The molecule has 1 nitrogen and oxygen atoms in total. The third kappa shape index (κ3) is 14.0. The molecule has 0 aliphatic carbocycles. The Kier molecular flexibility index (Phi) is 20.9. The van der Waals surface area contributed by atoms with Crippen LogP contribution in [0.25, 0.3) is 0 Å². The molecule has 0 saturated carbocycles. The Bertz CT molecular complexity index is 246. The Hall–Kier alpha value is 0.250. The van der Waals surface area contributed by atoms with Gasteiger partial charge in [-0.2, -0.15) is 0 Å². The van der Waals surface area contributed by atoms with Gasteiger partial charge in [0, 0.05) is 5.54 Å². The summed E-state index contributed by atoms with van der Waals surface area (Å²) < 4.78 is 0. The average Bonchev–Trinajstić information content (AvgIpc) is 2.59. The molecule has 2 heteroatoms. The highest BCUT2D eigenvalue weighted by atomic mass is 35.5. The number of hydrogen-bond donors (Lipinski definition) is 1. The number of rotatable bonds is 18. The average molecular weight is 376 g/mol. The smallest absolute Gasteiger partial charge is 0.0182 e. The van der Waals surface area contributed by atoms with Crippen LogP contribution in [-0.4, -0.2) is 5.54 Å². The van der Waals surface area contributed by atoms with Gasteiger partial charge in [-0.15, -0.1) is 12.4 Å². The molecule has 1 atom stereocenters. The second-order valence-corrected chi connectivity index (χ2v) is 8.19. The third-order valence-electron chi connectivity index (χ3n) is 5.87. The van der Waals surface area contributed by atoms with Gasteiger partial charge in [0.1, 0.15) is 0 Å². The summed E-state index contributed by atoms with van der Waals surface area (Å²) in [7, 11) is 0. The molecule has 2 N–H and O–H groups in total. The summed E-state index contributed by atoms with van der Waals surface area (Å²) in [4.78, 5) is 0. The lowest BCUT2D eigenvalue weighted by Gasteiger charge is -2.39. The Balaban J connectivity index is 0. The zero-order chi connectivity index (χ0) is 18.1. The summed E-state index contributed by atoms with van der Waals surface area (Å²) in [6.45, 7) is 9.22. The van der Waals surface area contributed by atoms with Crippen LogP contribution in [0.15, 0.2) is 0 Å². The molecule has 0 aliphatic heterocycles. The van der Waals surface area contributed by atoms with Gasteiger partial charge in [0.2, 0.25) is 0 Å².